The molecule has 50 heavy (non-hydrogen) atoms. The van der Waals surface area contributed by atoms with E-state index in [9.17, 15) is 32.7 Å². The number of nitrogens with two attached hydrogens (primary N) is 1. The van der Waals surface area contributed by atoms with Crippen LogP contribution in [0.5, 0.6) is 5.75 Å². The van der Waals surface area contributed by atoms with Crippen molar-refractivity contribution < 1.29 is 37.4 Å². The van der Waals surface area contributed by atoms with Gasteiger partial charge in [-0.1, -0.05) is 13.0 Å². The van der Waals surface area contributed by atoms with Gasteiger partial charge < -0.3 is 36.8 Å². The zero-order valence-corrected chi connectivity index (χ0v) is 29.9. The standard InChI is InChI=1S/C34H51N7O8S/c1-4-27(35)33(44)38-17-16-36-29(42)12-8-18-49-26-19-22(2)31(23(3)20-26)50(47,48)41-28(34(45)46)21-39-30(43)11-6-5-10-25-14-13-24-9-7-15-37-32(24)40-25/h13-14,19-20,27-28,41H,4-12,15-18,21,35H2,1-3H3,(H,36,42)(H,37,40)(H,38,44)(H,39,43)(H,45,46). The molecular formula is C34H51N7O8S. The summed E-state index contributed by atoms with van der Waals surface area (Å²) >= 11 is 0. The van der Waals surface area contributed by atoms with Gasteiger partial charge in [-0.2, -0.15) is 4.72 Å². The van der Waals surface area contributed by atoms with Crippen LogP contribution in [0.4, 0.5) is 5.82 Å². The number of fused-ring (bicyclic) bond motifs is 1. The summed E-state index contributed by atoms with van der Waals surface area (Å²) in [6.45, 7) is 6.18. The topological polar surface area (TPSA) is 231 Å². The lowest BCUT2D eigenvalue weighted by Gasteiger charge is -2.19. The molecule has 8 N–H and O–H groups in total. The maximum absolute atomic E-state index is 13.3. The Bertz CT molecular complexity index is 1580. The molecule has 0 fully saturated rings. The quantitative estimate of drug-likeness (QED) is 0.0914. The van der Waals surface area contributed by atoms with E-state index in [2.05, 4.69) is 37.0 Å². The second kappa shape index (κ2) is 19.8. The first-order valence-corrected chi connectivity index (χ1v) is 18.6. The number of anilines is 1. The number of ether oxygens (including phenoxy) is 1. The molecule has 0 bridgehead atoms. The molecule has 3 amide bonds. The fraction of sp³-hybridized carbons (Fsp3) is 0.559. The zero-order chi connectivity index (χ0) is 36.7. The number of carbonyl (C=O) groups is 4. The van der Waals surface area contributed by atoms with E-state index in [0.29, 0.717) is 42.6 Å². The van der Waals surface area contributed by atoms with Crippen LogP contribution in [0.2, 0.25) is 0 Å². The van der Waals surface area contributed by atoms with Crippen LogP contribution in [-0.4, -0.2) is 87.1 Å². The first-order valence-electron chi connectivity index (χ1n) is 17.1. The SMILES string of the molecule is CCC(N)C(=O)NCCNC(=O)CCCOc1cc(C)c(S(=O)(=O)NC(CNC(=O)CCCCc2ccc3c(n2)NCCC3)C(=O)O)c(C)c1. The third kappa shape index (κ3) is 12.9. The Hall–Kier alpha value is -4.28. The van der Waals surface area contributed by atoms with Crippen LogP contribution >= 0.6 is 0 Å². The molecular weight excluding hydrogens is 666 g/mol. The Morgan fingerprint density at radius 1 is 1.00 bits per heavy atom. The summed E-state index contributed by atoms with van der Waals surface area (Å²) in [6.07, 6.45) is 5.37. The number of hydrogen-bond donors (Lipinski definition) is 7. The maximum Gasteiger partial charge on any atom is 0.323 e. The number of hydrogen-bond acceptors (Lipinski definition) is 10. The van der Waals surface area contributed by atoms with Crippen molar-refractivity contribution in [2.75, 3.05) is 38.1 Å². The Morgan fingerprint density at radius 2 is 1.68 bits per heavy atom. The lowest BCUT2D eigenvalue weighted by atomic mass is 10.1. The molecule has 0 saturated heterocycles. The van der Waals surface area contributed by atoms with E-state index in [1.807, 2.05) is 13.0 Å². The number of nitrogens with one attached hydrogen (secondary N) is 5. The molecule has 0 saturated carbocycles. The molecule has 2 unspecified atom stereocenters. The van der Waals surface area contributed by atoms with Crippen LogP contribution in [0.25, 0.3) is 0 Å². The number of benzene rings is 1. The van der Waals surface area contributed by atoms with Gasteiger partial charge in [-0.05, 0) is 93.7 Å². The Labute approximate surface area is 293 Å². The number of amides is 3. The zero-order valence-electron chi connectivity index (χ0n) is 29.1. The summed E-state index contributed by atoms with van der Waals surface area (Å²) in [7, 11) is -4.28. The van der Waals surface area contributed by atoms with Gasteiger partial charge in [0.05, 0.1) is 17.5 Å². The van der Waals surface area contributed by atoms with Crippen LogP contribution < -0.4 is 36.5 Å². The number of aromatic nitrogens is 1. The number of nitrogens with zero attached hydrogens (tertiary/aromatic N) is 1. The van der Waals surface area contributed by atoms with Crippen molar-refractivity contribution in [1.29, 1.82) is 0 Å². The minimum absolute atomic E-state index is 0.0835. The van der Waals surface area contributed by atoms with Crippen LogP contribution in [-0.2, 0) is 42.0 Å². The lowest BCUT2D eigenvalue weighted by molar-refractivity contribution is -0.139. The van der Waals surface area contributed by atoms with Gasteiger partial charge in [-0.25, -0.2) is 13.4 Å². The van der Waals surface area contributed by atoms with Crippen LogP contribution in [0.3, 0.4) is 0 Å². The largest absolute Gasteiger partial charge is 0.494 e. The highest BCUT2D eigenvalue weighted by Crippen LogP contribution is 2.26. The summed E-state index contributed by atoms with van der Waals surface area (Å²) in [6, 6.07) is 4.98. The molecule has 1 aliphatic rings. The normalized spacial score (nSPS) is 13.7. The molecule has 16 heteroatoms. The van der Waals surface area contributed by atoms with Crippen molar-refractivity contribution in [2.24, 2.45) is 5.73 Å². The van der Waals surface area contributed by atoms with Gasteiger partial charge >= 0.3 is 5.97 Å². The number of unbranched alkanes of at least 4 members (excludes halogenated alkanes) is 1. The molecule has 0 spiro atoms. The van der Waals surface area contributed by atoms with Crippen molar-refractivity contribution in [1.82, 2.24) is 25.7 Å². The van der Waals surface area contributed by atoms with E-state index in [-0.39, 0.29) is 55.2 Å². The predicted octanol–water partition coefficient (Wildman–Crippen LogP) is 1.45. The second-order valence-corrected chi connectivity index (χ2v) is 14.0. The van der Waals surface area contributed by atoms with Crippen molar-refractivity contribution in [3.8, 4) is 5.75 Å². The molecule has 1 aromatic carbocycles. The van der Waals surface area contributed by atoms with E-state index in [0.717, 1.165) is 37.3 Å². The summed E-state index contributed by atoms with van der Waals surface area (Å²) in [5.74, 6) is -0.949. The molecule has 0 radical (unpaired) electrons. The van der Waals surface area contributed by atoms with Crippen molar-refractivity contribution in [3.05, 3.63) is 46.6 Å². The molecule has 2 atom stereocenters. The smallest absolute Gasteiger partial charge is 0.323 e. The van der Waals surface area contributed by atoms with Crippen molar-refractivity contribution >= 4 is 39.5 Å². The molecule has 15 nitrogen and oxygen atoms in total. The van der Waals surface area contributed by atoms with Gasteiger partial charge in [0.15, 0.2) is 0 Å². The second-order valence-electron chi connectivity index (χ2n) is 12.4. The van der Waals surface area contributed by atoms with Gasteiger partial charge in [0.2, 0.25) is 27.7 Å². The summed E-state index contributed by atoms with van der Waals surface area (Å²) in [5, 5.41) is 20.9. The predicted molar refractivity (Wildman–Crippen MR) is 188 cm³/mol. The number of carboxylic acids is 1. The lowest BCUT2D eigenvalue weighted by Crippen LogP contribution is -2.48. The Morgan fingerprint density at radius 3 is 2.38 bits per heavy atom. The Balaban J connectivity index is 1.41. The van der Waals surface area contributed by atoms with E-state index >= 15 is 0 Å². The molecule has 2 aromatic rings. The van der Waals surface area contributed by atoms with E-state index in [1.165, 1.54) is 17.7 Å². The van der Waals surface area contributed by atoms with Crippen LogP contribution in [0.15, 0.2) is 29.2 Å². The third-order valence-electron chi connectivity index (χ3n) is 8.18. The van der Waals surface area contributed by atoms with Crippen molar-refractivity contribution in [3.63, 3.8) is 0 Å². The van der Waals surface area contributed by atoms with Crippen molar-refractivity contribution in [2.45, 2.75) is 95.5 Å². The number of sulfonamides is 1. The van der Waals surface area contributed by atoms with Gasteiger partial charge in [0.1, 0.15) is 17.6 Å². The van der Waals surface area contributed by atoms with Crippen LogP contribution in [0, 0.1) is 13.8 Å². The minimum atomic E-state index is -4.28. The average molecular weight is 718 g/mol. The number of pyridine rings is 1. The number of aryl methyl sites for hydroxylation is 4. The molecule has 3 rings (SSSR count). The van der Waals surface area contributed by atoms with Gasteiger partial charge in [0, 0.05) is 44.7 Å². The van der Waals surface area contributed by atoms with E-state index in [4.69, 9.17) is 10.5 Å². The molecule has 276 valence electrons. The molecule has 1 aliphatic heterocycles. The summed E-state index contributed by atoms with van der Waals surface area (Å²) in [5.41, 5.74) is 8.47. The maximum atomic E-state index is 13.3. The Kier molecular flexibility index (Phi) is 15.9. The van der Waals surface area contributed by atoms with Gasteiger partial charge in [-0.15, -0.1) is 0 Å². The minimum Gasteiger partial charge on any atom is -0.494 e. The molecule has 1 aromatic heterocycles. The molecule has 0 aliphatic carbocycles. The van der Waals surface area contributed by atoms with Crippen LogP contribution in [0.1, 0.15) is 74.3 Å². The first-order chi connectivity index (χ1) is 23.8. The number of aliphatic carboxylic acids is 1. The van der Waals surface area contributed by atoms with E-state index < -0.39 is 34.6 Å². The summed E-state index contributed by atoms with van der Waals surface area (Å²) in [4.78, 5) is 52.7. The highest BCUT2D eigenvalue weighted by atomic mass is 32.2. The number of carbonyl (C=O) groups excluding carboxylic acids is 3. The highest BCUT2D eigenvalue weighted by molar-refractivity contribution is 7.89. The number of rotatable bonds is 21. The monoisotopic (exact) mass is 717 g/mol. The van der Waals surface area contributed by atoms with E-state index in [1.54, 1.807) is 13.8 Å². The highest BCUT2D eigenvalue weighted by Gasteiger charge is 2.28. The molecule has 2 heterocycles. The average Bonchev–Trinajstić information content (AvgIpc) is 3.07. The summed E-state index contributed by atoms with van der Waals surface area (Å²) < 4.78 is 34.5. The van der Waals surface area contributed by atoms with Gasteiger partial charge in [0.25, 0.3) is 0 Å². The fourth-order valence-electron chi connectivity index (χ4n) is 5.46. The third-order valence-corrected chi connectivity index (χ3v) is 9.96. The fourth-order valence-corrected chi connectivity index (χ4v) is 7.10. The number of carboxylic acid groups (broad SMARTS) is 1. The van der Waals surface area contributed by atoms with Gasteiger partial charge in [-0.3, -0.25) is 19.2 Å². The first kappa shape index (κ1) is 40.2.